The fourth-order valence-corrected chi connectivity index (χ4v) is 1.84. The summed E-state index contributed by atoms with van der Waals surface area (Å²) >= 11 is 3.21. The smallest absolute Gasteiger partial charge is 0.419 e. The third kappa shape index (κ3) is 3.20. The molecule has 2 aromatic carbocycles. The summed E-state index contributed by atoms with van der Waals surface area (Å²) in [6, 6.07) is 9.74. The number of anilines is 1. The molecule has 0 aromatic heterocycles. The van der Waals surface area contributed by atoms with Crippen LogP contribution in [0.1, 0.15) is 5.56 Å². The van der Waals surface area contributed by atoms with Crippen molar-refractivity contribution in [1.29, 1.82) is 0 Å². The second-order valence-electron chi connectivity index (χ2n) is 3.78. The Labute approximate surface area is 116 Å². The summed E-state index contributed by atoms with van der Waals surface area (Å²) in [5, 5.41) is 0. The normalized spacial score (nSPS) is 11.4. The molecule has 0 radical (unpaired) electrons. The number of alkyl halides is 3. The summed E-state index contributed by atoms with van der Waals surface area (Å²) in [5.74, 6) is -0.106. The van der Waals surface area contributed by atoms with Crippen LogP contribution < -0.4 is 10.5 Å². The van der Waals surface area contributed by atoms with Crippen molar-refractivity contribution in [3.63, 3.8) is 0 Å². The maximum atomic E-state index is 12.8. The van der Waals surface area contributed by atoms with E-state index >= 15 is 0 Å². The molecular weight excluding hydrogens is 323 g/mol. The van der Waals surface area contributed by atoms with Gasteiger partial charge in [0.2, 0.25) is 0 Å². The minimum atomic E-state index is -4.47. The number of para-hydroxylation sites is 1. The van der Waals surface area contributed by atoms with E-state index in [1.807, 2.05) is 0 Å². The van der Waals surface area contributed by atoms with Crippen molar-refractivity contribution in [1.82, 2.24) is 0 Å². The fourth-order valence-electron chi connectivity index (χ4n) is 1.50. The van der Waals surface area contributed by atoms with Gasteiger partial charge >= 0.3 is 6.18 Å². The quantitative estimate of drug-likeness (QED) is 0.799. The molecule has 0 spiro atoms. The molecule has 0 saturated carbocycles. The van der Waals surface area contributed by atoms with Gasteiger partial charge in [-0.2, -0.15) is 13.2 Å². The van der Waals surface area contributed by atoms with E-state index in [1.54, 1.807) is 12.1 Å². The molecule has 2 nitrogen and oxygen atoms in total. The van der Waals surface area contributed by atoms with Crippen LogP contribution in [0.15, 0.2) is 46.9 Å². The molecule has 0 bridgehead atoms. The lowest BCUT2D eigenvalue weighted by molar-refractivity contribution is -0.138. The van der Waals surface area contributed by atoms with Crippen LogP contribution in [-0.2, 0) is 6.18 Å². The molecule has 0 unspecified atom stereocenters. The van der Waals surface area contributed by atoms with Gasteiger partial charge in [-0.15, -0.1) is 0 Å². The minimum absolute atomic E-state index is 0.172. The molecular formula is C13H9BrF3NO. The molecule has 19 heavy (non-hydrogen) atoms. The van der Waals surface area contributed by atoms with Gasteiger partial charge in [-0.25, -0.2) is 0 Å². The first kappa shape index (κ1) is 13.7. The van der Waals surface area contributed by atoms with E-state index in [2.05, 4.69) is 15.9 Å². The monoisotopic (exact) mass is 331 g/mol. The second-order valence-corrected chi connectivity index (χ2v) is 4.69. The van der Waals surface area contributed by atoms with Crippen molar-refractivity contribution in [3.05, 3.63) is 52.5 Å². The third-order valence-corrected chi connectivity index (χ3v) is 2.88. The zero-order valence-electron chi connectivity index (χ0n) is 9.54. The molecule has 6 heteroatoms. The largest absolute Gasteiger partial charge is 0.455 e. The average molecular weight is 332 g/mol. The number of nitrogen functional groups attached to an aromatic ring is 1. The molecule has 2 rings (SSSR count). The van der Waals surface area contributed by atoms with E-state index in [4.69, 9.17) is 10.5 Å². The van der Waals surface area contributed by atoms with Crippen LogP contribution in [0.25, 0.3) is 0 Å². The van der Waals surface area contributed by atoms with Gasteiger partial charge in [-0.3, -0.25) is 0 Å². The SMILES string of the molecule is Nc1ccc(Br)cc1Oc1ccccc1C(F)(F)F. The van der Waals surface area contributed by atoms with E-state index in [9.17, 15) is 13.2 Å². The lowest BCUT2D eigenvalue weighted by atomic mass is 10.2. The van der Waals surface area contributed by atoms with Gasteiger partial charge in [-0.05, 0) is 30.3 Å². The number of benzene rings is 2. The van der Waals surface area contributed by atoms with E-state index in [-0.39, 0.29) is 17.2 Å². The van der Waals surface area contributed by atoms with Crippen molar-refractivity contribution in [2.45, 2.75) is 6.18 Å². The Morgan fingerprint density at radius 3 is 2.37 bits per heavy atom. The molecule has 2 N–H and O–H groups in total. The van der Waals surface area contributed by atoms with Gasteiger partial charge in [0.25, 0.3) is 0 Å². The van der Waals surface area contributed by atoms with Gasteiger partial charge in [0, 0.05) is 4.47 Å². The van der Waals surface area contributed by atoms with Gasteiger partial charge in [-0.1, -0.05) is 28.1 Å². The minimum Gasteiger partial charge on any atom is -0.455 e. The Balaban J connectivity index is 2.41. The topological polar surface area (TPSA) is 35.2 Å². The first-order valence-corrected chi connectivity index (χ1v) is 6.06. The van der Waals surface area contributed by atoms with E-state index < -0.39 is 11.7 Å². The van der Waals surface area contributed by atoms with Crippen molar-refractivity contribution in [2.24, 2.45) is 0 Å². The third-order valence-electron chi connectivity index (χ3n) is 2.39. The maximum absolute atomic E-state index is 12.8. The molecule has 0 aliphatic rings. The van der Waals surface area contributed by atoms with E-state index in [0.29, 0.717) is 4.47 Å². The Morgan fingerprint density at radius 1 is 1.00 bits per heavy atom. The van der Waals surface area contributed by atoms with E-state index in [0.717, 1.165) is 6.07 Å². The van der Waals surface area contributed by atoms with Gasteiger partial charge in [0.15, 0.2) is 5.75 Å². The van der Waals surface area contributed by atoms with Crippen molar-refractivity contribution >= 4 is 21.6 Å². The summed E-state index contributed by atoms with van der Waals surface area (Å²) in [4.78, 5) is 0. The Kier molecular flexibility index (Phi) is 3.71. The molecule has 0 aliphatic carbocycles. The molecule has 0 fully saturated rings. The van der Waals surface area contributed by atoms with Crippen LogP contribution in [-0.4, -0.2) is 0 Å². The van der Waals surface area contributed by atoms with Crippen LogP contribution in [0.3, 0.4) is 0 Å². The van der Waals surface area contributed by atoms with E-state index in [1.165, 1.54) is 24.3 Å². The summed E-state index contributed by atoms with van der Waals surface area (Å²) in [6.07, 6.45) is -4.47. The van der Waals surface area contributed by atoms with Gasteiger partial charge < -0.3 is 10.5 Å². The van der Waals surface area contributed by atoms with Crippen LogP contribution in [0, 0.1) is 0 Å². The number of halogens is 4. The molecule has 0 amide bonds. The molecule has 0 atom stereocenters. The zero-order valence-corrected chi connectivity index (χ0v) is 11.1. The summed E-state index contributed by atoms with van der Waals surface area (Å²) < 4.78 is 44.4. The molecule has 0 heterocycles. The number of rotatable bonds is 2. The average Bonchev–Trinajstić information content (AvgIpc) is 2.33. The molecule has 100 valence electrons. The van der Waals surface area contributed by atoms with Gasteiger partial charge in [0.1, 0.15) is 5.75 Å². The summed E-state index contributed by atoms with van der Waals surface area (Å²) in [6.45, 7) is 0. The molecule has 0 saturated heterocycles. The fraction of sp³-hybridized carbons (Fsp3) is 0.0769. The summed E-state index contributed by atoms with van der Waals surface area (Å²) in [7, 11) is 0. The first-order chi connectivity index (χ1) is 8.88. The van der Waals surface area contributed by atoms with Crippen molar-refractivity contribution < 1.29 is 17.9 Å². The Bertz CT molecular complexity index is 599. The first-order valence-electron chi connectivity index (χ1n) is 5.27. The Morgan fingerprint density at radius 2 is 1.68 bits per heavy atom. The maximum Gasteiger partial charge on any atom is 0.419 e. The second kappa shape index (κ2) is 5.13. The highest BCUT2D eigenvalue weighted by Crippen LogP contribution is 2.39. The highest BCUT2D eigenvalue weighted by molar-refractivity contribution is 9.10. The predicted octanol–water partition coefficient (Wildman–Crippen LogP) is 4.84. The lowest BCUT2D eigenvalue weighted by Crippen LogP contribution is -2.07. The number of hydrogen-bond donors (Lipinski definition) is 1. The highest BCUT2D eigenvalue weighted by Gasteiger charge is 2.34. The number of hydrogen-bond acceptors (Lipinski definition) is 2. The van der Waals surface area contributed by atoms with Crippen LogP contribution in [0.2, 0.25) is 0 Å². The van der Waals surface area contributed by atoms with Crippen LogP contribution in [0.5, 0.6) is 11.5 Å². The summed E-state index contributed by atoms with van der Waals surface area (Å²) in [5.41, 5.74) is 5.09. The highest BCUT2D eigenvalue weighted by atomic mass is 79.9. The van der Waals surface area contributed by atoms with Crippen molar-refractivity contribution in [3.8, 4) is 11.5 Å². The van der Waals surface area contributed by atoms with Gasteiger partial charge in [0.05, 0.1) is 11.3 Å². The molecule has 2 aromatic rings. The lowest BCUT2D eigenvalue weighted by Gasteiger charge is -2.14. The van der Waals surface area contributed by atoms with Crippen LogP contribution >= 0.6 is 15.9 Å². The number of ether oxygens (including phenoxy) is 1. The zero-order chi connectivity index (χ0) is 14.0. The number of nitrogens with two attached hydrogens (primary N) is 1. The molecule has 0 aliphatic heterocycles. The van der Waals surface area contributed by atoms with Crippen molar-refractivity contribution in [2.75, 3.05) is 5.73 Å². The predicted molar refractivity (Wildman–Crippen MR) is 70.1 cm³/mol. The Hall–Kier alpha value is -1.69. The van der Waals surface area contributed by atoms with Crippen LogP contribution in [0.4, 0.5) is 18.9 Å². The standard InChI is InChI=1S/C13H9BrF3NO/c14-8-5-6-10(18)12(7-8)19-11-4-2-1-3-9(11)13(15,16)17/h1-7H,18H2.